The van der Waals surface area contributed by atoms with Crippen LogP contribution in [0.1, 0.15) is 25.0 Å². The molecule has 7 heteroatoms. The molecule has 0 heterocycles. The maximum absolute atomic E-state index is 11.2. The zero-order chi connectivity index (χ0) is 19.2. The van der Waals surface area contributed by atoms with Gasteiger partial charge < -0.3 is 14.8 Å². The van der Waals surface area contributed by atoms with Crippen molar-refractivity contribution in [3.63, 3.8) is 0 Å². The van der Waals surface area contributed by atoms with E-state index in [4.69, 9.17) is 14.6 Å². The largest absolute Gasteiger partial charge is 0.493 e. The molecule has 0 radical (unpaired) electrons. The molecule has 26 heavy (non-hydrogen) atoms. The molecule has 0 saturated heterocycles. The van der Waals surface area contributed by atoms with Crippen molar-refractivity contribution in [3.8, 4) is 11.5 Å². The molecular weight excluding hydrogens is 352 g/mol. The summed E-state index contributed by atoms with van der Waals surface area (Å²) in [6, 6.07) is 12.5. The minimum Gasteiger partial charge on any atom is -0.493 e. The van der Waals surface area contributed by atoms with Crippen LogP contribution in [-0.2, 0) is 23.0 Å². The zero-order valence-electron chi connectivity index (χ0n) is 15.4. The minimum atomic E-state index is -3.64. The number of benzene rings is 2. The van der Waals surface area contributed by atoms with Crippen molar-refractivity contribution >= 4 is 10.0 Å². The summed E-state index contributed by atoms with van der Waals surface area (Å²) < 4.78 is 33.6. The second-order valence-electron chi connectivity index (χ2n) is 6.27. The summed E-state index contributed by atoms with van der Waals surface area (Å²) in [5.74, 6) is 1.46. The molecule has 0 aliphatic heterocycles. The van der Waals surface area contributed by atoms with E-state index in [1.165, 1.54) is 12.1 Å². The highest BCUT2D eigenvalue weighted by atomic mass is 32.2. The van der Waals surface area contributed by atoms with Crippen LogP contribution in [0.3, 0.4) is 0 Å². The lowest BCUT2D eigenvalue weighted by Gasteiger charge is -2.14. The Morgan fingerprint density at radius 2 is 1.69 bits per heavy atom. The van der Waals surface area contributed by atoms with Crippen molar-refractivity contribution < 1.29 is 17.9 Å². The van der Waals surface area contributed by atoms with Gasteiger partial charge in [0.1, 0.15) is 0 Å². The Kier molecular flexibility index (Phi) is 7.02. The molecule has 3 N–H and O–H groups in total. The van der Waals surface area contributed by atoms with Crippen molar-refractivity contribution in [1.29, 1.82) is 0 Å². The first-order chi connectivity index (χ1) is 12.3. The van der Waals surface area contributed by atoms with E-state index in [1.54, 1.807) is 19.2 Å². The molecular formula is C19H26N2O4S. The molecule has 0 bridgehead atoms. The molecule has 0 atom stereocenters. The van der Waals surface area contributed by atoms with Gasteiger partial charge in [-0.25, -0.2) is 13.6 Å². The molecule has 0 spiro atoms. The van der Waals surface area contributed by atoms with Crippen molar-refractivity contribution in [2.75, 3.05) is 13.7 Å². The van der Waals surface area contributed by atoms with E-state index in [2.05, 4.69) is 5.32 Å². The predicted molar refractivity (Wildman–Crippen MR) is 102 cm³/mol. The van der Waals surface area contributed by atoms with Gasteiger partial charge in [-0.05, 0) is 62.2 Å². The van der Waals surface area contributed by atoms with Crippen LogP contribution >= 0.6 is 0 Å². The monoisotopic (exact) mass is 378 g/mol. The Morgan fingerprint density at radius 3 is 2.27 bits per heavy atom. The summed E-state index contributed by atoms with van der Waals surface area (Å²) in [4.78, 5) is 0.130. The lowest BCUT2D eigenvalue weighted by molar-refractivity contribution is 0.230. The van der Waals surface area contributed by atoms with E-state index in [0.29, 0.717) is 6.54 Å². The Balaban J connectivity index is 1.86. The summed E-state index contributed by atoms with van der Waals surface area (Å²) in [6.07, 6.45) is 0.879. The summed E-state index contributed by atoms with van der Waals surface area (Å²) in [5.41, 5.74) is 2.14. The van der Waals surface area contributed by atoms with Crippen molar-refractivity contribution in [2.45, 2.75) is 37.8 Å². The smallest absolute Gasteiger partial charge is 0.238 e. The van der Waals surface area contributed by atoms with Gasteiger partial charge in [-0.3, -0.25) is 0 Å². The van der Waals surface area contributed by atoms with E-state index in [-0.39, 0.29) is 11.0 Å². The Hall–Kier alpha value is -2.09. The molecule has 2 rings (SSSR count). The van der Waals surface area contributed by atoms with Crippen LogP contribution in [0.4, 0.5) is 0 Å². The molecule has 6 nitrogen and oxygen atoms in total. The number of methoxy groups -OCH3 is 1. The van der Waals surface area contributed by atoms with Gasteiger partial charge in [-0.2, -0.15) is 0 Å². The predicted octanol–water partition coefficient (Wildman–Crippen LogP) is 2.46. The van der Waals surface area contributed by atoms with Gasteiger partial charge in [0.2, 0.25) is 10.0 Å². The molecule has 0 aliphatic carbocycles. The fourth-order valence-corrected chi connectivity index (χ4v) is 3.00. The Morgan fingerprint density at radius 1 is 1.04 bits per heavy atom. The number of hydrogen-bond donors (Lipinski definition) is 2. The van der Waals surface area contributed by atoms with Gasteiger partial charge in [0.15, 0.2) is 11.5 Å². The third-order valence-corrected chi connectivity index (χ3v) is 4.69. The number of nitrogens with two attached hydrogens (primary N) is 1. The van der Waals surface area contributed by atoms with Gasteiger partial charge in [-0.1, -0.05) is 18.2 Å². The van der Waals surface area contributed by atoms with E-state index in [9.17, 15) is 8.42 Å². The topological polar surface area (TPSA) is 90.6 Å². The van der Waals surface area contributed by atoms with Gasteiger partial charge in [-0.15, -0.1) is 0 Å². The van der Waals surface area contributed by atoms with Crippen LogP contribution in [0, 0.1) is 0 Å². The number of rotatable bonds is 9. The Labute approximate surface area is 155 Å². The fourth-order valence-electron chi connectivity index (χ4n) is 2.48. The standard InChI is InChI=1S/C19H26N2O4S/c1-14(2)25-18-9-6-16(12-19(18)24-3)13-21-11-10-15-4-7-17(8-5-15)26(20,22)23/h4-9,12,14,21H,10-11,13H2,1-3H3,(H2,20,22,23). The zero-order valence-corrected chi connectivity index (χ0v) is 16.2. The number of sulfonamides is 1. The summed E-state index contributed by atoms with van der Waals surface area (Å²) >= 11 is 0. The van der Waals surface area contributed by atoms with Crippen molar-refractivity contribution in [3.05, 3.63) is 53.6 Å². The highest BCUT2D eigenvalue weighted by Crippen LogP contribution is 2.28. The average Bonchev–Trinajstić information content (AvgIpc) is 2.59. The van der Waals surface area contributed by atoms with Crippen LogP contribution < -0.4 is 19.9 Å². The number of ether oxygens (including phenoxy) is 2. The molecule has 0 aliphatic rings. The number of nitrogens with one attached hydrogen (secondary N) is 1. The lowest BCUT2D eigenvalue weighted by Crippen LogP contribution is -2.17. The van der Waals surface area contributed by atoms with E-state index in [1.807, 2.05) is 32.0 Å². The summed E-state index contributed by atoms with van der Waals surface area (Å²) in [7, 11) is -2.01. The number of hydrogen-bond acceptors (Lipinski definition) is 5. The average molecular weight is 378 g/mol. The second-order valence-corrected chi connectivity index (χ2v) is 7.83. The first-order valence-electron chi connectivity index (χ1n) is 8.45. The molecule has 142 valence electrons. The lowest BCUT2D eigenvalue weighted by atomic mass is 10.1. The SMILES string of the molecule is COc1cc(CNCCc2ccc(S(N)(=O)=O)cc2)ccc1OC(C)C. The highest BCUT2D eigenvalue weighted by molar-refractivity contribution is 7.89. The van der Waals surface area contributed by atoms with E-state index >= 15 is 0 Å². The van der Waals surface area contributed by atoms with E-state index in [0.717, 1.165) is 35.6 Å². The molecule has 0 amide bonds. The van der Waals surface area contributed by atoms with Crippen LogP contribution in [-0.4, -0.2) is 28.2 Å². The van der Waals surface area contributed by atoms with Gasteiger partial charge >= 0.3 is 0 Å². The van der Waals surface area contributed by atoms with Crippen LogP contribution in [0.25, 0.3) is 0 Å². The van der Waals surface area contributed by atoms with Crippen LogP contribution in [0.5, 0.6) is 11.5 Å². The van der Waals surface area contributed by atoms with Crippen molar-refractivity contribution in [1.82, 2.24) is 5.32 Å². The molecule has 0 saturated carbocycles. The molecule has 2 aromatic rings. The van der Waals surface area contributed by atoms with Gasteiger partial charge in [0.05, 0.1) is 18.1 Å². The van der Waals surface area contributed by atoms with Gasteiger partial charge in [0.25, 0.3) is 0 Å². The second kappa shape index (κ2) is 9.02. The molecule has 2 aromatic carbocycles. The quantitative estimate of drug-likeness (QED) is 0.654. The fraction of sp³-hybridized carbons (Fsp3) is 0.368. The number of primary sulfonamides is 1. The molecule has 0 fully saturated rings. The van der Waals surface area contributed by atoms with E-state index < -0.39 is 10.0 Å². The maximum Gasteiger partial charge on any atom is 0.238 e. The first kappa shape index (κ1) is 20.2. The Bertz CT molecular complexity index is 818. The van der Waals surface area contributed by atoms with Crippen LogP contribution in [0.15, 0.2) is 47.4 Å². The summed E-state index contributed by atoms with van der Waals surface area (Å²) in [6.45, 7) is 5.42. The third kappa shape index (κ3) is 6.01. The maximum atomic E-state index is 11.2. The third-order valence-electron chi connectivity index (χ3n) is 3.76. The summed E-state index contributed by atoms with van der Waals surface area (Å²) in [5, 5.41) is 8.46. The van der Waals surface area contributed by atoms with Gasteiger partial charge in [0, 0.05) is 6.54 Å². The molecule has 0 aromatic heterocycles. The normalized spacial score (nSPS) is 11.6. The highest BCUT2D eigenvalue weighted by Gasteiger charge is 2.08. The van der Waals surface area contributed by atoms with Crippen molar-refractivity contribution in [2.24, 2.45) is 5.14 Å². The molecule has 0 unspecified atom stereocenters. The minimum absolute atomic E-state index is 0.0912. The first-order valence-corrected chi connectivity index (χ1v) is 10.00. The van der Waals surface area contributed by atoms with Crippen LogP contribution in [0.2, 0.25) is 0 Å².